The van der Waals surface area contributed by atoms with Gasteiger partial charge in [0.15, 0.2) is 0 Å². The minimum atomic E-state index is -3.53. The summed E-state index contributed by atoms with van der Waals surface area (Å²) >= 11 is 0. The van der Waals surface area contributed by atoms with Gasteiger partial charge in [0.1, 0.15) is 6.61 Å². The second kappa shape index (κ2) is 5.74. The van der Waals surface area contributed by atoms with Crippen molar-refractivity contribution in [2.75, 3.05) is 13.2 Å². The number of hydrogen-bond donors (Lipinski definition) is 2. The Morgan fingerprint density at radius 1 is 1.42 bits per heavy atom. The summed E-state index contributed by atoms with van der Waals surface area (Å²) < 4.78 is 27.1. The predicted octanol–water partition coefficient (Wildman–Crippen LogP) is 0.965. The van der Waals surface area contributed by atoms with E-state index in [2.05, 4.69) is 23.5 Å². The fourth-order valence-electron chi connectivity index (χ4n) is 1.92. The summed E-state index contributed by atoms with van der Waals surface area (Å²) in [6, 6.07) is 6.55. The SMILES string of the molecule is CC1CC1CNS(=O)(=O)c1ccccc1C#CCO. The minimum Gasteiger partial charge on any atom is -0.384 e. The molecule has 2 rings (SSSR count). The average Bonchev–Trinajstić information content (AvgIpc) is 3.10. The summed E-state index contributed by atoms with van der Waals surface area (Å²) in [5.74, 6) is 6.19. The molecule has 1 aromatic rings. The van der Waals surface area contributed by atoms with Crippen LogP contribution in [0.15, 0.2) is 29.2 Å². The average molecular weight is 279 g/mol. The smallest absolute Gasteiger partial charge is 0.241 e. The van der Waals surface area contributed by atoms with Gasteiger partial charge in [0.25, 0.3) is 0 Å². The zero-order valence-corrected chi connectivity index (χ0v) is 11.6. The number of rotatable bonds is 4. The Bertz CT molecular complexity index is 613. The highest BCUT2D eigenvalue weighted by Crippen LogP contribution is 2.37. The van der Waals surface area contributed by atoms with Crippen LogP contribution < -0.4 is 4.72 Å². The van der Waals surface area contributed by atoms with Crippen molar-refractivity contribution in [2.45, 2.75) is 18.2 Å². The predicted molar refractivity (Wildman–Crippen MR) is 72.9 cm³/mol. The highest BCUT2D eigenvalue weighted by atomic mass is 32.2. The molecule has 1 aromatic carbocycles. The second-order valence-electron chi connectivity index (χ2n) is 4.78. The molecule has 19 heavy (non-hydrogen) atoms. The molecule has 1 fully saturated rings. The number of benzene rings is 1. The molecule has 0 amide bonds. The van der Waals surface area contributed by atoms with E-state index in [4.69, 9.17) is 5.11 Å². The molecule has 0 aromatic heterocycles. The Morgan fingerprint density at radius 2 is 2.11 bits per heavy atom. The maximum atomic E-state index is 12.2. The lowest BCUT2D eigenvalue weighted by molar-refractivity contribution is 0.350. The molecule has 1 saturated carbocycles. The summed E-state index contributed by atoms with van der Waals surface area (Å²) in [5.41, 5.74) is 0.410. The number of aliphatic hydroxyl groups is 1. The van der Waals surface area contributed by atoms with Gasteiger partial charge in [-0.15, -0.1) is 0 Å². The van der Waals surface area contributed by atoms with Crippen LogP contribution >= 0.6 is 0 Å². The lowest BCUT2D eigenvalue weighted by Crippen LogP contribution is -2.26. The second-order valence-corrected chi connectivity index (χ2v) is 6.52. The van der Waals surface area contributed by atoms with E-state index in [0.29, 0.717) is 23.9 Å². The van der Waals surface area contributed by atoms with Gasteiger partial charge in [-0.25, -0.2) is 13.1 Å². The molecule has 0 bridgehead atoms. The van der Waals surface area contributed by atoms with E-state index in [-0.39, 0.29) is 11.5 Å². The molecular weight excluding hydrogens is 262 g/mol. The van der Waals surface area contributed by atoms with Gasteiger partial charge in [0.05, 0.1) is 4.90 Å². The quantitative estimate of drug-likeness (QED) is 0.807. The Labute approximate surface area is 113 Å². The molecule has 0 aliphatic heterocycles. The van der Waals surface area contributed by atoms with Crippen molar-refractivity contribution < 1.29 is 13.5 Å². The molecule has 5 heteroatoms. The van der Waals surface area contributed by atoms with Gasteiger partial charge in [-0.3, -0.25) is 0 Å². The van der Waals surface area contributed by atoms with E-state index in [1.165, 1.54) is 6.07 Å². The fraction of sp³-hybridized carbons (Fsp3) is 0.429. The Balaban J connectivity index is 2.19. The zero-order chi connectivity index (χ0) is 13.9. The number of nitrogens with one attached hydrogen (secondary N) is 1. The van der Waals surface area contributed by atoms with Crippen LogP contribution in [0.2, 0.25) is 0 Å². The minimum absolute atomic E-state index is 0.171. The van der Waals surface area contributed by atoms with Crippen molar-refractivity contribution in [2.24, 2.45) is 11.8 Å². The van der Waals surface area contributed by atoms with E-state index < -0.39 is 10.0 Å². The fourth-order valence-corrected chi connectivity index (χ4v) is 3.17. The lowest BCUT2D eigenvalue weighted by Gasteiger charge is -2.08. The van der Waals surface area contributed by atoms with Crippen LogP contribution in [0.5, 0.6) is 0 Å². The van der Waals surface area contributed by atoms with Crippen molar-refractivity contribution in [1.82, 2.24) is 4.72 Å². The molecule has 0 spiro atoms. The molecular formula is C14H17NO3S. The van der Waals surface area contributed by atoms with Crippen LogP contribution in [0, 0.1) is 23.7 Å². The molecule has 4 nitrogen and oxygen atoms in total. The number of aliphatic hydroxyl groups excluding tert-OH is 1. The summed E-state index contributed by atoms with van der Waals surface area (Å²) in [5, 5.41) is 8.70. The van der Waals surface area contributed by atoms with Gasteiger partial charge in [-0.1, -0.05) is 30.9 Å². The van der Waals surface area contributed by atoms with Crippen molar-refractivity contribution in [3.63, 3.8) is 0 Å². The van der Waals surface area contributed by atoms with Gasteiger partial charge in [0.2, 0.25) is 10.0 Å². The van der Waals surface area contributed by atoms with Crippen molar-refractivity contribution in [3.05, 3.63) is 29.8 Å². The van der Waals surface area contributed by atoms with Crippen LogP contribution in [0.25, 0.3) is 0 Å². The molecule has 1 aliphatic carbocycles. The van der Waals surface area contributed by atoms with E-state index >= 15 is 0 Å². The Kier molecular flexibility index (Phi) is 4.25. The summed E-state index contributed by atoms with van der Waals surface area (Å²) in [6.07, 6.45) is 1.08. The molecule has 2 N–H and O–H groups in total. The maximum Gasteiger partial charge on any atom is 0.241 e. The van der Waals surface area contributed by atoms with Gasteiger partial charge < -0.3 is 5.11 Å². The van der Waals surface area contributed by atoms with Gasteiger partial charge in [-0.05, 0) is 30.4 Å². The topological polar surface area (TPSA) is 66.4 Å². The van der Waals surface area contributed by atoms with Crippen LogP contribution in [-0.2, 0) is 10.0 Å². The third-order valence-electron chi connectivity index (χ3n) is 3.29. The van der Waals surface area contributed by atoms with Crippen molar-refractivity contribution >= 4 is 10.0 Å². The molecule has 2 atom stereocenters. The third kappa shape index (κ3) is 3.57. The van der Waals surface area contributed by atoms with Gasteiger partial charge in [-0.2, -0.15) is 0 Å². The van der Waals surface area contributed by atoms with E-state index in [9.17, 15) is 8.42 Å². The van der Waals surface area contributed by atoms with E-state index in [0.717, 1.165) is 6.42 Å². The summed E-state index contributed by atoms with van der Waals surface area (Å²) in [6.45, 7) is 2.30. The molecule has 102 valence electrons. The molecule has 0 saturated heterocycles. The highest BCUT2D eigenvalue weighted by Gasteiger charge is 2.33. The van der Waals surface area contributed by atoms with Gasteiger partial charge >= 0.3 is 0 Å². The van der Waals surface area contributed by atoms with Crippen LogP contribution in [0.1, 0.15) is 18.9 Å². The normalized spacial score (nSPS) is 21.6. The Hall–Kier alpha value is -1.35. The molecule has 1 aliphatic rings. The summed E-state index contributed by atoms with van der Waals surface area (Å²) in [7, 11) is -3.53. The first kappa shape index (κ1) is 14.1. The largest absolute Gasteiger partial charge is 0.384 e. The summed E-state index contributed by atoms with van der Waals surface area (Å²) in [4.78, 5) is 0.171. The molecule has 2 unspecified atom stereocenters. The first-order valence-electron chi connectivity index (χ1n) is 6.23. The lowest BCUT2D eigenvalue weighted by atomic mass is 10.2. The monoisotopic (exact) mass is 279 g/mol. The molecule has 0 radical (unpaired) electrons. The molecule has 0 heterocycles. The van der Waals surface area contributed by atoms with Crippen LogP contribution in [-0.4, -0.2) is 26.7 Å². The zero-order valence-electron chi connectivity index (χ0n) is 10.8. The highest BCUT2D eigenvalue weighted by molar-refractivity contribution is 7.89. The first-order chi connectivity index (χ1) is 9.04. The van der Waals surface area contributed by atoms with Gasteiger partial charge in [0, 0.05) is 12.1 Å². The van der Waals surface area contributed by atoms with Crippen molar-refractivity contribution in [1.29, 1.82) is 0 Å². The first-order valence-corrected chi connectivity index (χ1v) is 7.71. The Morgan fingerprint density at radius 3 is 2.74 bits per heavy atom. The van der Waals surface area contributed by atoms with E-state index in [1.54, 1.807) is 18.2 Å². The van der Waals surface area contributed by atoms with Crippen LogP contribution in [0.3, 0.4) is 0 Å². The number of sulfonamides is 1. The number of hydrogen-bond acceptors (Lipinski definition) is 3. The van der Waals surface area contributed by atoms with E-state index in [1.807, 2.05) is 0 Å². The third-order valence-corrected chi connectivity index (χ3v) is 4.77. The maximum absolute atomic E-state index is 12.2. The van der Waals surface area contributed by atoms with Crippen LogP contribution in [0.4, 0.5) is 0 Å². The van der Waals surface area contributed by atoms with Crippen molar-refractivity contribution in [3.8, 4) is 11.8 Å². The standard InChI is InChI=1S/C14H17NO3S/c1-11-9-13(11)10-15-19(17,18)14-7-3-2-5-12(14)6-4-8-16/h2-3,5,7,11,13,15-16H,8-10H2,1H3.